The van der Waals surface area contributed by atoms with Crippen molar-refractivity contribution >= 4 is 46.3 Å². The number of rotatable bonds is 5. The number of nitrogens with one attached hydrogen (secondary N) is 3. The second-order valence-corrected chi connectivity index (χ2v) is 13.1. The average Bonchev–Trinajstić information content (AvgIpc) is 3.67. The Bertz CT molecular complexity index is 1420. The molecule has 3 aromatic rings. The van der Waals surface area contributed by atoms with E-state index in [1.54, 1.807) is 10.8 Å². The Hall–Kier alpha value is -3.68. The molecule has 4 bridgehead atoms. The lowest BCUT2D eigenvalue weighted by Gasteiger charge is -2.28. The van der Waals surface area contributed by atoms with Crippen molar-refractivity contribution < 1.29 is 19.2 Å². The molecule has 0 unspecified atom stereocenters. The van der Waals surface area contributed by atoms with Crippen LogP contribution in [0, 0.1) is 11.8 Å². The average molecular weight is 626 g/mol. The van der Waals surface area contributed by atoms with Gasteiger partial charge in [0.1, 0.15) is 21.4 Å². The molecule has 4 rings (SSSR count). The Morgan fingerprint density at radius 2 is 1.63 bits per heavy atom. The summed E-state index contributed by atoms with van der Waals surface area (Å²) < 4.78 is 0. The molecule has 0 saturated carbocycles. The maximum absolute atomic E-state index is 13.4. The second kappa shape index (κ2) is 14.7. The summed E-state index contributed by atoms with van der Waals surface area (Å²) in [4.78, 5) is 63.4. The van der Waals surface area contributed by atoms with Gasteiger partial charge in [-0.2, -0.15) is 0 Å². The van der Waals surface area contributed by atoms with E-state index in [9.17, 15) is 19.2 Å². The molecule has 230 valence electrons. The highest BCUT2D eigenvalue weighted by molar-refractivity contribution is 7.10. The Morgan fingerprint density at radius 1 is 0.977 bits per heavy atom. The SMILES string of the molecule is CC(C)[C@@H]1NC(=O)c2csc(n2)[C@H](Cc2ccccc2)NC(=O)CN(C(=O)[C@H](N)C(C)C)CCCNC(=O)c2csc1n2. The van der Waals surface area contributed by atoms with Crippen LogP contribution in [0.15, 0.2) is 41.1 Å². The van der Waals surface area contributed by atoms with Crippen molar-refractivity contribution in [3.63, 3.8) is 0 Å². The third-order valence-corrected chi connectivity index (χ3v) is 9.07. The van der Waals surface area contributed by atoms with Crippen LogP contribution in [0.1, 0.15) is 82.8 Å². The molecule has 2 aromatic heterocycles. The van der Waals surface area contributed by atoms with Crippen LogP contribution in [-0.2, 0) is 16.0 Å². The summed E-state index contributed by atoms with van der Waals surface area (Å²) in [5, 5.41) is 13.4. The summed E-state index contributed by atoms with van der Waals surface area (Å²) in [7, 11) is 0. The molecular weight excluding hydrogens is 587 g/mol. The lowest BCUT2D eigenvalue weighted by Crippen LogP contribution is -2.50. The number of nitrogens with zero attached hydrogens (tertiary/aromatic N) is 3. The van der Waals surface area contributed by atoms with Crippen LogP contribution >= 0.6 is 22.7 Å². The van der Waals surface area contributed by atoms with Gasteiger partial charge in [-0.15, -0.1) is 22.7 Å². The minimum atomic E-state index is -0.772. The summed E-state index contributed by atoms with van der Waals surface area (Å²) in [6, 6.07) is 7.96. The molecule has 3 atom stereocenters. The fraction of sp³-hybridized carbons (Fsp3) is 0.467. The number of carbonyl (C=O) groups excluding carboxylic acids is 4. The van der Waals surface area contributed by atoms with E-state index in [4.69, 9.17) is 5.73 Å². The van der Waals surface area contributed by atoms with Gasteiger partial charge < -0.3 is 26.6 Å². The molecule has 11 nitrogen and oxygen atoms in total. The van der Waals surface area contributed by atoms with Gasteiger partial charge in [0.25, 0.3) is 11.8 Å². The molecule has 0 fully saturated rings. The van der Waals surface area contributed by atoms with Crippen LogP contribution in [-0.4, -0.2) is 64.2 Å². The number of aromatic nitrogens is 2. The van der Waals surface area contributed by atoms with Crippen molar-refractivity contribution in [1.29, 1.82) is 0 Å². The van der Waals surface area contributed by atoms with Gasteiger partial charge >= 0.3 is 0 Å². The van der Waals surface area contributed by atoms with Gasteiger partial charge in [-0.05, 0) is 30.2 Å². The quantitative estimate of drug-likeness (QED) is 0.339. The molecule has 43 heavy (non-hydrogen) atoms. The van der Waals surface area contributed by atoms with Gasteiger partial charge in [-0.3, -0.25) is 19.2 Å². The highest BCUT2D eigenvalue weighted by Crippen LogP contribution is 2.27. The Balaban J connectivity index is 1.67. The van der Waals surface area contributed by atoms with Crippen LogP contribution in [0.3, 0.4) is 0 Å². The topological polar surface area (TPSA) is 159 Å². The summed E-state index contributed by atoms with van der Waals surface area (Å²) >= 11 is 2.60. The van der Waals surface area contributed by atoms with Crippen molar-refractivity contribution in [1.82, 2.24) is 30.8 Å². The van der Waals surface area contributed by atoms with E-state index in [0.717, 1.165) is 5.56 Å². The van der Waals surface area contributed by atoms with Crippen molar-refractivity contribution in [3.05, 3.63) is 68.1 Å². The highest BCUT2D eigenvalue weighted by Gasteiger charge is 2.29. The van der Waals surface area contributed by atoms with E-state index < -0.39 is 18.1 Å². The van der Waals surface area contributed by atoms with Crippen LogP contribution in [0.5, 0.6) is 0 Å². The molecule has 0 saturated heterocycles. The van der Waals surface area contributed by atoms with E-state index in [-0.39, 0.29) is 66.5 Å². The molecule has 13 heteroatoms. The molecule has 3 heterocycles. The largest absolute Gasteiger partial charge is 0.351 e. The number of carbonyl (C=O) groups is 4. The van der Waals surface area contributed by atoms with Gasteiger partial charge in [-0.25, -0.2) is 9.97 Å². The standard InChI is InChI=1S/C30H39N7O4S2/c1-17(2)24(31)30(41)37-12-8-11-32-26(39)21-15-43-29(35-21)25(18(3)4)36-27(40)22-16-42-28(34-22)20(33-23(38)14-37)13-19-9-6-5-7-10-19/h5-7,9-10,15-18,20,24-25H,8,11-14,31H2,1-4H3,(H,32,39)(H,33,38)(H,36,40)/t20-,24+,25-/m0/s1. The highest BCUT2D eigenvalue weighted by atomic mass is 32.1. The summed E-state index contributed by atoms with van der Waals surface area (Å²) in [6.07, 6.45) is 0.865. The number of nitrogens with two attached hydrogens (primary N) is 1. The van der Waals surface area contributed by atoms with Crippen LogP contribution < -0.4 is 21.7 Å². The van der Waals surface area contributed by atoms with E-state index in [1.165, 1.54) is 27.6 Å². The molecule has 1 aliphatic heterocycles. The lowest BCUT2D eigenvalue weighted by molar-refractivity contribution is -0.138. The van der Waals surface area contributed by atoms with E-state index in [2.05, 4.69) is 25.9 Å². The molecule has 4 amide bonds. The van der Waals surface area contributed by atoms with Crippen molar-refractivity contribution in [2.24, 2.45) is 17.6 Å². The van der Waals surface area contributed by atoms with Crippen molar-refractivity contribution in [3.8, 4) is 0 Å². The summed E-state index contributed by atoms with van der Waals surface area (Å²) in [5.74, 6) is -1.54. The minimum absolute atomic E-state index is 0.00377. The van der Waals surface area contributed by atoms with Gasteiger partial charge in [0, 0.05) is 23.8 Å². The number of thiazole rings is 2. The number of amides is 4. The fourth-order valence-corrected chi connectivity index (χ4v) is 6.47. The number of hydrogen-bond donors (Lipinski definition) is 4. The maximum Gasteiger partial charge on any atom is 0.271 e. The monoisotopic (exact) mass is 625 g/mol. The normalized spacial score (nSPS) is 19.6. The lowest BCUT2D eigenvalue weighted by atomic mass is 10.0. The van der Waals surface area contributed by atoms with Gasteiger partial charge in [0.15, 0.2) is 0 Å². The maximum atomic E-state index is 13.4. The molecule has 1 aromatic carbocycles. The van der Waals surface area contributed by atoms with Gasteiger partial charge in [-0.1, -0.05) is 58.0 Å². The van der Waals surface area contributed by atoms with Crippen LogP contribution in [0.25, 0.3) is 0 Å². The zero-order valence-electron chi connectivity index (χ0n) is 24.8. The minimum Gasteiger partial charge on any atom is -0.351 e. The molecule has 1 aliphatic rings. The first-order valence-electron chi connectivity index (χ1n) is 14.4. The van der Waals surface area contributed by atoms with Gasteiger partial charge in [0.2, 0.25) is 11.8 Å². The molecule has 0 radical (unpaired) electrons. The zero-order valence-corrected chi connectivity index (χ0v) is 26.5. The molecular formula is C30H39N7O4S2. The van der Waals surface area contributed by atoms with E-state index in [0.29, 0.717) is 22.9 Å². The Morgan fingerprint density at radius 3 is 2.30 bits per heavy atom. The third-order valence-electron chi connectivity index (χ3n) is 7.18. The van der Waals surface area contributed by atoms with Crippen molar-refractivity contribution in [2.45, 2.75) is 58.7 Å². The number of hydrogen-bond acceptors (Lipinski definition) is 9. The summed E-state index contributed by atoms with van der Waals surface area (Å²) in [6.45, 7) is 7.94. The summed E-state index contributed by atoms with van der Waals surface area (Å²) in [5.41, 5.74) is 7.65. The number of fused-ring (bicyclic) bond motifs is 4. The van der Waals surface area contributed by atoms with E-state index in [1.807, 2.05) is 58.0 Å². The fourth-order valence-electron chi connectivity index (χ4n) is 4.60. The first-order valence-corrected chi connectivity index (χ1v) is 16.2. The third kappa shape index (κ3) is 8.46. The molecule has 5 N–H and O–H groups in total. The molecule has 0 spiro atoms. The predicted octanol–water partition coefficient (Wildman–Crippen LogP) is 3.07. The van der Waals surface area contributed by atoms with E-state index >= 15 is 0 Å². The van der Waals surface area contributed by atoms with Crippen LogP contribution in [0.4, 0.5) is 0 Å². The first kappa shape index (κ1) is 32.2. The number of benzene rings is 1. The zero-order chi connectivity index (χ0) is 31.1. The second-order valence-electron chi connectivity index (χ2n) is 11.3. The Labute approximate surface area is 259 Å². The molecule has 0 aliphatic carbocycles. The Kier molecular flexibility index (Phi) is 11.0. The smallest absolute Gasteiger partial charge is 0.271 e. The van der Waals surface area contributed by atoms with Gasteiger partial charge in [0.05, 0.1) is 24.7 Å². The van der Waals surface area contributed by atoms with Crippen molar-refractivity contribution in [2.75, 3.05) is 19.6 Å². The van der Waals surface area contributed by atoms with Crippen LogP contribution in [0.2, 0.25) is 0 Å². The first-order chi connectivity index (χ1) is 20.5. The predicted molar refractivity (Wildman–Crippen MR) is 167 cm³/mol.